The molecule has 92 valence electrons. The summed E-state index contributed by atoms with van der Waals surface area (Å²) in [6.45, 7) is 1.78. The van der Waals surface area contributed by atoms with Crippen molar-refractivity contribution in [1.82, 2.24) is 10.3 Å². The molecular formula is C10H13BrN4O2. The van der Waals surface area contributed by atoms with Crippen molar-refractivity contribution in [2.24, 2.45) is 0 Å². The maximum absolute atomic E-state index is 11.0. The van der Waals surface area contributed by atoms with Gasteiger partial charge in [0.25, 0.3) is 0 Å². The van der Waals surface area contributed by atoms with Gasteiger partial charge in [-0.2, -0.15) is 0 Å². The summed E-state index contributed by atoms with van der Waals surface area (Å²) in [4.78, 5) is 16.6. The monoisotopic (exact) mass is 300 g/mol. The average Bonchev–Trinajstić information content (AvgIpc) is 2.81. The molecule has 0 aromatic carbocycles. The Labute approximate surface area is 107 Å². The smallest absolute Gasteiger partial charge is 0.312 e. The molecule has 7 heteroatoms. The van der Waals surface area contributed by atoms with Crippen LogP contribution in [0, 0.1) is 10.1 Å². The van der Waals surface area contributed by atoms with Crippen LogP contribution >= 0.6 is 15.9 Å². The van der Waals surface area contributed by atoms with E-state index in [4.69, 9.17) is 0 Å². The molecule has 1 aromatic heterocycles. The molecular weight excluding hydrogens is 288 g/mol. The number of halogens is 1. The highest BCUT2D eigenvalue weighted by atomic mass is 79.9. The number of hydrogen-bond acceptors (Lipinski definition) is 5. The largest absolute Gasteiger partial charge is 0.350 e. The molecule has 2 rings (SSSR count). The summed E-state index contributed by atoms with van der Waals surface area (Å²) in [6, 6.07) is 1.75. The zero-order valence-corrected chi connectivity index (χ0v) is 11.0. The molecule has 0 bridgehead atoms. The molecule has 0 spiro atoms. The van der Waals surface area contributed by atoms with E-state index in [-0.39, 0.29) is 11.7 Å². The van der Waals surface area contributed by atoms with Gasteiger partial charge in [0.1, 0.15) is 0 Å². The molecule has 1 unspecified atom stereocenters. The highest BCUT2D eigenvalue weighted by Gasteiger charge is 2.26. The first-order valence-electron chi connectivity index (χ1n) is 5.33. The van der Waals surface area contributed by atoms with Gasteiger partial charge in [-0.1, -0.05) is 0 Å². The third-order valence-electron chi connectivity index (χ3n) is 2.93. The summed E-state index contributed by atoms with van der Waals surface area (Å²) >= 11 is 3.20. The average molecular weight is 301 g/mol. The predicted molar refractivity (Wildman–Crippen MR) is 68.3 cm³/mol. The van der Waals surface area contributed by atoms with E-state index in [1.807, 2.05) is 11.9 Å². The maximum Gasteiger partial charge on any atom is 0.312 e. The minimum absolute atomic E-state index is 0.0359. The molecule has 1 aliphatic rings. The summed E-state index contributed by atoms with van der Waals surface area (Å²) in [5, 5.41) is 14.2. The number of aromatic nitrogens is 1. The topological polar surface area (TPSA) is 71.3 Å². The van der Waals surface area contributed by atoms with Gasteiger partial charge in [0, 0.05) is 36.4 Å². The summed E-state index contributed by atoms with van der Waals surface area (Å²) in [7, 11) is 1.85. The first-order valence-corrected chi connectivity index (χ1v) is 6.12. The lowest BCUT2D eigenvalue weighted by Gasteiger charge is -2.24. The zero-order valence-electron chi connectivity index (χ0n) is 9.39. The molecule has 17 heavy (non-hydrogen) atoms. The van der Waals surface area contributed by atoms with Crippen LogP contribution in [0.1, 0.15) is 6.42 Å². The van der Waals surface area contributed by atoms with Crippen LogP contribution in [0.25, 0.3) is 0 Å². The number of pyridine rings is 1. The van der Waals surface area contributed by atoms with Gasteiger partial charge >= 0.3 is 5.69 Å². The Bertz CT molecular complexity index is 434. The second-order valence-electron chi connectivity index (χ2n) is 4.01. The highest BCUT2D eigenvalue weighted by Crippen LogP contribution is 2.29. The quantitative estimate of drug-likeness (QED) is 0.677. The Morgan fingerprint density at radius 2 is 2.47 bits per heavy atom. The first kappa shape index (κ1) is 12.3. The number of rotatable bonds is 3. The SMILES string of the molecule is CN(c1ncc(Br)cc1[N+](=O)[O-])C1CCNC1. The van der Waals surface area contributed by atoms with E-state index in [0.29, 0.717) is 10.3 Å². The van der Waals surface area contributed by atoms with E-state index in [1.165, 1.54) is 6.07 Å². The van der Waals surface area contributed by atoms with Crippen molar-refractivity contribution < 1.29 is 4.92 Å². The molecule has 0 amide bonds. The zero-order chi connectivity index (χ0) is 12.4. The van der Waals surface area contributed by atoms with E-state index < -0.39 is 4.92 Å². The molecule has 1 atom stereocenters. The number of hydrogen-bond donors (Lipinski definition) is 1. The third kappa shape index (κ3) is 2.55. The van der Waals surface area contributed by atoms with Gasteiger partial charge in [-0.25, -0.2) is 4.98 Å². The van der Waals surface area contributed by atoms with Gasteiger partial charge in [-0.05, 0) is 28.9 Å². The molecule has 0 aliphatic carbocycles. The lowest BCUT2D eigenvalue weighted by molar-refractivity contribution is -0.384. The molecule has 1 N–H and O–H groups in total. The van der Waals surface area contributed by atoms with Crippen molar-refractivity contribution in [3.63, 3.8) is 0 Å². The number of nitrogens with one attached hydrogen (secondary N) is 1. The second kappa shape index (κ2) is 4.97. The van der Waals surface area contributed by atoms with E-state index >= 15 is 0 Å². The number of nitrogens with zero attached hydrogens (tertiary/aromatic N) is 3. The lowest BCUT2D eigenvalue weighted by atomic mass is 10.2. The van der Waals surface area contributed by atoms with E-state index in [9.17, 15) is 10.1 Å². The number of likely N-dealkylation sites (N-methyl/N-ethyl adjacent to an activating group) is 1. The van der Waals surface area contributed by atoms with Crippen LogP contribution in [-0.2, 0) is 0 Å². The third-order valence-corrected chi connectivity index (χ3v) is 3.36. The fraction of sp³-hybridized carbons (Fsp3) is 0.500. The molecule has 1 saturated heterocycles. The minimum atomic E-state index is -0.397. The van der Waals surface area contributed by atoms with E-state index in [1.54, 1.807) is 6.20 Å². The lowest BCUT2D eigenvalue weighted by Crippen LogP contribution is -2.34. The Balaban J connectivity index is 2.33. The van der Waals surface area contributed by atoms with Crippen LogP contribution in [0.5, 0.6) is 0 Å². The van der Waals surface area contributed by atoms with Gasteiger partial charge < -0.3 is 10.2 Å². The summed E-state index contributed by atoms with van der Waals surface area (Å²) < 4.78 is 0.617. The van der Waals surface area contributed by atoms with Crippen LogP contribution in [0.3, 0.4) is 0 Å². The van der Waals surface area contributed by atoms with Gasteiger partial charge in [-0.15, -0.1) is 0 Å². The molecule has 2 heterocycles. The Hall–Kier alpha value is -1.21. The first-order chi connectivity index (χ1) is 8.09. The van der Waals surface area contributed by atoms with Crippen LogP contribution in [0.4, 0.5) is 11.5 Å². The number of anilines is 1. The van der Waals surface area contributed by atoms with Crippen molar-refractivity contribution in [1.29, 1.82) is 0 Å². The number of nitro groups is 1. The standard InChI is InChI=1S/C10H13BrN4O2/c1-14(8-2-3-12-6-8)10-9(15(16)17)4-7(11)5-13-10/h4-5,8,12H,2-3,6H2,1H3. The Morgan fingerprint density at radius 1 is 1.71 bits per heavy atom. The molecule has 1 aromatic rings. The molecule has 0 saturated carbocycles. The molecule has 1 fully saturated rings. The van der Waals surface area contributed by atoms with Crippen LogP contribution in [-0.4, -0.2) is 36.1 Å². The van der Waals surface area contributed by atoms with Crippen molar-refractivity contribution >= 4 is 27.4 Å². The fourth-order valence-corrected chi connectivity index (χ4v) is 2.29. The van der Waals surface area contributed by atoms with Crippen molar-refractivity contribution in [3.05, 3.63) is 26.9 Å². The van der Waals surface area contributed by atoms with Gasteiger partial charge in [0.05, 0.1) is 4.92 Å². The van der Waals surface area contributed by atoms with E-state index in [0.717, 1.165) is 19.5 Å². The summed E-state index contributed by atoms with van der Waals surface area (Å²) in [5.74, 6) is 0.423. The predicted octanol–water partition coefficient (Wildman–Crippen LogP) is 1.55. The van der Waals surface area contributed by atoms with Crippen molar-refractivity contribution in [2.75, 3.05) is 25.0 Å². The van der Waals surface area contributed by atoms with Gasteiger partial charge in [0.2, 0.25) is 5.82 Å². The Kier molecular flexibility index (Phi) is 3.58. The molecule has 6 nitrogen and oxygen atoms in total. The summed E-state index contributed by atoms with van der Waals surface area (Å²) in [6.07, 6.45) is 2.56. The fourth-order valence-electron chi connectivity index (χ4n) is 1.97. The maximum atomic E-state index is 11.0. The normalized spacial score (nSPS) is 19.3. The summed E-state index contributed by atoms with van der Waals surface area (Å²) in [5.41, 5.74) is 0.0359. The van der Waals surface area contributed by atoms with Crippen molar-refractivity contribution in [2.45, 2.75) is 12.5 Å². The minimum Gasteiger partial charge on any atom is -0.350 e. The van der Waals surface area contributed by atoms with Crippen LogP contribution in [0.15, 0.2) is 16.7 Å². The molecule has 0 radical (unpaired) electrons. The van der Waals surface area contributed by atoms with Crippen LogP contribution in [0.2, 0.25) is 0 Å². The highest BCUT2D eigenvalue weighted by molar-refractivity contribution is 9.10. The van der Waals surface area contributed by atoms with Gasteiger partial charge in [-0.3, -0.25) is 10.1 Å². The van der Waals surface area contributed by atoms with Gasteiger partial charge in [0.15, 0.2) is 0 Å². The van der Waals surface area contributed by atoms with E-state index in [2.05, 4.69) is 26.2 Å². The Morgan fingerprint density at radius 3 is 3.06 bits per heavy atom. The molecule has 1 aliphatic heterocycles. The second-order valence-corrected chi connectivity index (χ2v) is 4.93. The van der Waals surface area contributed by atoms with Crippen molar-refractivity contribution in [3.8, 4) is 0 Å². The van der Waals surface area contributed by atoms with Crippen LogP contribution < -0.4 is 10.2 Å².